The van der Waals surface area contributed by atoms with Crippen LogP contribution in [0.3, 0.4) is 0 Å². The van der Waals surface area contributed by atoms with Gasteiger partial charge in [0, 0.05) is 67.1 Å². The summed E-state index contributed by atoms with van der Waals surface area (Å²) >= 11 is 0. The lowest BCUT2D eigenvalue weighted by atomic mass is 9.89. The molecule has 2 aromatic carbocycles. The summed E-state index contributed by atoms with van der Waals surface area (Å²) < 4.78 is 64.8. The number of hydrogen-bond acceptors (Lipinski definition) is 17. The fraction of sp³-hybridized carbons (Fsp3) is 0.289. The van der Waals surface area contributed by atoms with Crippen molar-refractivity contribution < 1.29 is 80.6 Å². The van der Waals surface area contributed by atoms with Crippen LogP contribution >= 0.6 is 23.3 Å². The highest BCUT2D eigenvalue weighted by Gasteiger charge is 2.49. The lowest BCUT2D eigenvalue weighted by Crippen LogP contribution is -2.42. The quantitative estimate of drug-likeness (QED) is 0.0275. The number of phosphoric ester groups is 1. The molecule has 0 spiro atoms. The molecule has 7 rings (SSSR count). The number of nitrogen functional groups attached to an aromatic ring is 1. The number of nitrogens with zero attached hydrogens (tertiary/aromatic N) is 5. The molecule has 2 amide bonds. The maximum absolute atomic E-state index is 13.4. The summed E-state index contributed by atoms with van der Waals surface area (Å²) in [6.07, 6.45) is -7.33. The van der Waals surface area contributed by atoms with Crippen LogP contribution in [0, 0.1) is 0 Å². The second kappa shape index (κ2) is 19.6. The molecule has 1 aliphatic carbocycles. The Kier molecular flexibility index (Phi) is 14.3. The Morgan fingerprint density at radius 3 is 2.38 bits per heavy atom. The molecule has 2 aliphatic heterocycles. The van der Waals surface area contributed by atoms with E-state index in [2.05, 4.69) is 29.9 Å². The fourth-order valence-electron chi connectivity index (χ4n) is 7.27. The number of rotatable bonds is 16. The van der Waals surface area contributed by atoms with E-state index < -0.39 is 78.0 Å². The molecule has 12 N–H and O–H groups in total. The lowest BCUT2D eigenvalue weighted by molar-refractivity contribution is -0.0507. The van der Waals surface area contributed by atoms with Crippen LogP contribution in [-0.4, -0.2) is 133 Å². The smallest absolute Gasteiger partial charge is 0.478 e. The molecule has 0 bridgehead atoms. The van der Waals surface area contributed by atoms with Crippen molar-refractivity contribution in [3.8, 4) is 22.5 Å². The summed E-state index contributed by atoms with van der Waals surface area (Å²) in [5, 5.41) is 28.2. The number of aliphatic hydroxyl groups is 1. The standard InChI is InChI=1S/C38H43N10O18P3/c1-46(2)19-6-9-22-25(14-19)63-26-15-20(47(3)4)7-10-23(26)28(22)21-8-5-18(13-24(21)36(52)53)33(50)40-11-12-41-38(54)65-31-27(16-62-69(60,61)66-68(58,59)45-67(55,56)57)64-35(30(31)49)48-17-42-29-32(48)43-37(39)44-34(29)51/h5-10,13-15,17,27,30-31,35,49H,11-12,16H2,1-4H3,(H10-,39,40,41,43,44,45,50,51,52,53,54,55,56,57,58,59,60,61)/p+1/t27-,30-,31-,35-/m1/s1. The van der Waals surface area contributed by atoms with Gasteiger partial charge in [-0.05, 0) is 35.9 Å². The molecular formula is C38H44N10O18P3+. The third kappa shape index (κ3) is 11.4. The number of aromatic carboxylic acids is 1. The van der Waals surface area contributed by atoms with Crippen molar-refractivity contribution in [3.63, 3.8) is 0 Å². The van der Waals surface area contributed by atoms with Crippen LogP contribution in [0.2, 0.25) is 0 Å². The number of fused-ring (bicyclic) bond motifs is 3. The van der Waals surface area contributed by atoms with E-state index in [1.165, 1.54) is 18.2 Å². The number of hydrogen-bond donors (Lipinski definition) is 11. The zero-order valence-corrected chi connectivity index (χ0v) is 39.1. The fourth-order valence-corrected chi connectivity index (χ4v) is 10.7. The Bertz CT molecular complexity index is 3260. The van der Waals surface area contributed by atoms with E-state index >= 15 is 0 Å². The number of aliphatic hydroxyl groups excluding tert-OH is 1. The van der Waals surface area contributed by atoms with Crippen molar-refractivity contribution in [2.75, 3.05) is 58.5 Å². The summed E-state index contributed by atoms with van der Waals surface area (Å²) in [5.74, 6) is -1.91. The molecule has 6 atom stereocenters. The summed E-state index contributed by atoms with van der Waals surface area (Å²) in [6, 6.07) is 15.3. The van der Waals surface area contributed by atoms with Gasteiger partial charge in [-0.25, -0.2) is 32.8 Å². The van der Waals surface area contributed by atoms with Gasteiger partial charge in [-0.2, -0.15) is 9.29 Å². The SMILES string of the molecule is CN(C)c1ccc2c(-c3ccc(C(=O)NCCNC(=O)O[C@H]4[C@@H](O)[C@H](n5cnc6c(=O)[nH]c(N)nc65)O[C@@H]4COP(=O)(O)OP(=O)(O)NP(=O)(O)O)cc3C(=O)O)c3ccc(=[N+](C)C)cc-3oc2c1. The van der Waals surface area contributed by atoms with Gasteiger partial charge < -0.3 is 64.9 Å². The first kappa shape index (κ1) is 50.5. The molecule has 3 aliphatic rings. The molecule has 28 nitrogen and oxygen atoms in total. The highest BCUT2D eigenvalue weighted by molar-refractivity contribution is 7.70. The topological polar surface area (TPSA) is 406 Å². The monoisotopic (exact) mass is 1020 g/mol. The number of carbonyl (C=O) groups is 3. The van der Waals surface area contributed by atoms with Gasteiger partial charge in [-0.3, -0.25) is 23.7 Å². The van der Waals surface area contributed by atoms with Gasteiger partial charge in [0.25, 0.3) is 11.5 Å². The van der Waals surface area contributed by atoms with E-state index in [9.17, 15) is 52.9 Å². The number of carboxylic acid groups (broad SMARTS) is 1. The number of imidazole rings is 1. The number of carboxylic acids is 1. The van der Waals surface area contributed by atoms with Crippen molar-refractivity contribution in [3.05, 3.63) is 87.8 Å². The number of anilines is 2. The highest BCUT2D eigenvalue weighted by Crippen LogP contribution is 2.61. The maximum atomic E-state index is 13.4. The van der Waals surface area contributed by atoms with Crippen LogP contribution in [0.15, 0.2) is 70.1 Å². The van der Waals surface area contributed by atoms with Crippen molar-refractivity contribution >= 4 is 75.1 Å². The van der Waals surface area contributed by atoms with Crippen molar-refractivity contribution in [2.45, 2.75) is 24.5 Å². The van der Waals surface area contributed by atoms with Crippen molar-refractivity contribution in [1.29, 1.82) is 0 Å². The number of nitrogens with two attached hydrogens (primary N) is 1. The highest BCUT2D eigenvalue weighted by atomic mass is 31.3. The van der Waals surface area contributed by atoms with Gasteiger partial charge in [0.2, 0.25) is 11.3 Å². The largest absolute Gasteiger partial charge is 0.480 e. The number of carbonyl (C=O) groups excluding carboxylic acids is 2. The second-order valence-electron chi connectivity index (χ2n) is 15.6. The normalized spacial score (nSPS) is 19.0. The summed E-state index contributed by atoms with van der Waals surface area (Å²) in [6.45, 7) is -1.74. The molecule has 0 radical (unpaired) electrons. The Morgan fingerprint density at radius 1 is 0.986 bits per heavy atom. The average molecular weight is 1020 g/mol. The number of alkyl carbamates (subject to hydrolysis) is 1. The molecule has 368 valence electrons. The van der Waals surface area contributed by atoms with E-state index in [1.807, 2.05) is 74.1 Å². The minimum Gasteiger partial charge on any atom is -0.478 e. The molecule has 0 saturated carbocycles. The van der Waals surface area contributed by atoms with Crippen LogP contribution < -0.4 is 41.6 Å². The third-order valence-electron chi connectivity index (χ3n) is 10.3. The number of phosphoric acid groups is 1. The third-order valence-corrected chi connectivity index (χ3v) is 14.6. The molecule has 1 fully saturated rings. The molecule has 4 heterocycles. The zero-order valence-electron chi connectivity index (χ0n) is 36.4. The number of aromatic nitrogens is 4. The van der Waals surface area contributed by atoms with Crippen LogP contribution in [0.25, 0.3) is 44.6 Å². The minimum absolute atomic E-state index is 0.0386. The molecule has 2 unspecified atom stereocenters. The summed E-state index contributed by atoms with van der Waals surface area (Å²) in [4.78, 5) is 102. The molecule has 2 aromatic heterocycles. The average Bonchev–Trinajstić information content (AvgIpc) is 3.81. The van der Waals surface area contributed by atoms with E-state index in [4.69, 9.17) is 33.9 Å². The molecule has 69 heavy (non-hydrogen) atoms. The number of nitrogens with one attached hydrogen (secondary N) is 4. The lowest BCUT2D eigenvalue weighted by Gasteiger charge is -2.22. The Morgan fingerprint density at radius 2 is 1.70 bits per heavy atom. The predicted octanol–water partition coefficient (Wildman–Crippen LogP) is 0.715. The van der Waals surface area contributed by atoms with Gasteiger partial charge in [0.1, 0.15) is 37.6 Å². The first-order valence-corrected chi connectivity index (χ1v) is 24.7. The Labute approximate surface area is 387 Å². The van der Waals surface area contributed by atoms with Gasteiger partial charge >= 0.3 is 35.4 Å². The molecular weight excluding hydrogens is 977 g/mol. The minimum atomic E-state index is -5.69. The van der Waals surface area contributed by atoms with E-state index in [0.717, 1.165) is 26.8 Å². The van der Waals surface area contributed by atoms with Gasteiger partial charge in [0.05, 0.1) is 24.6 Å². The second-order valence-corrected chi connectivity index (χ2v) is 20.4. The predicted molar refractivity (Wildman–Crippen MR) is 242 cm³/mol. The van der Waals surface area contributed by atoms with Crippen LogP contribution in [0.4, 0.5) is 16.4 Å². The maximum Gasteiger partial charge on any atom is 0.480 e. The summed E-state index contributed by atoms with van der Waals surface area (Å²) in [5.41, 5.74) is 7.01. The van der Waals surface area contributed by atoms with Gasteiger partial charge in [-0.15, -0.1) is 4.86 Å². The van der Waals surface area contributed by atoms with Crippen LogP contribution in [0.5, 0.6) is 0 Å². The zero-order chi connectivity index (χ0) is 50.3. The number of amides is 2. The number of H-pyrrole nitrogens is 1. The van der Waals surface area contributed by atoms with Gasteiger partial charge in [-0.1, -0.05) is 6.07 Å². The van der Waals surface area contributed by atoms with Crippen LogP contribution in [-0.2, 0) is 32.0 Å². The van der Waals surface area contributed by atoms with E-state index in [0.29, 0.717) is 33.4 Å². The first-order valence-electron chi connectivity index (χ1n) is 20.0. The molecule has 1 saturated heterocycles. The number of ether oxygens (including phenoxy) is 2. The first-order chi connectivity index (χ1) is 32.3. The Hall–Kier alpha value is -6.38. The number of aromatic amines is 1. The van der Waals surface area contributed by atoms with Crippen molar-refractivity contribution in [1.82, 2.24) is 39.6 Å². The van der Waals surface area contributed by atoms with Gasteiger partial charge in [0.15, 0.2) is 23.5 Å². The van der Waals surface area contributed by atoms with E-state index in [-0.39, 0.29) is 41.3 Å². The van der Waals surface area contributed by atoms with Crippen LogP contribution in [0.1, 0.15) is 26.9 Å². The summed E-state index contributed by atoms with van der Waals surface area (Å²) in [7, 11) is -9.37. The Balaban J connectivity index is 1.06. The van der Waals surface area contributed by atoms with Crippen molar-refractivity contribution in [2.24, 2.45) is 0 Å². The van der Waals surface area contributed by atoms with E-state index in [1.54, 1.807) is 0 Å². The molecule has 31 heteroatoms. The number of benzene rings is 3. The molecule has 4 aromatic rings.